The molecule has 0 spiro atoms. The summed E-state index contributed by atoms with van der Waals surface area (Å²) in [6, 6.07) is -0.788. The molecule has 1 atom stereocenters. The molecule has 1 aliphatic rings. The maximum absolute atomic E-state index is 11.8. The van der Waals surface area contributed by atoms with Crippen molar-refractivity contribution < 1.29 is 14.7 Å². The third-order valence-corrected chi connectivity index (χ3v) is 3.58. The molecule has 92 valence electrons. The number of aliphatic carboxylic acids is 1. The van der Waals surface area contributed by atoms with Crippen molar-refractivity contribution in [1.29, 1.82) is 0 Å². The van der Waals surface area contributed by atoms with Gasteiger partial charge in [0.25, 0.3) is 0 Å². The van der Waals surface area contributed by atoms with E-state index in [1.807, 2.05) is 6.26 Å². The van der Waals surface area contributed by atoms with E-state index in [0.717, 1.165) is 12.8 Å². The van der Waals surface area contributed by atoms with Gasteiger partial charge in [-0.15, -0.1) is 0 Å². The highest BCUT2D eigenvalue weighted by Crippen LogP contribution is 2.44. The van der Waals surface area contributed by atoms with Crippen LogP contribution in [0.15, 0.2) is 0 Å². The van der Waals surface area contributed by atoms with Gasteiger partial charge in [0.1, 0.15) is 6.04 Å². The molecule has 5 nitrogen and oxygen atoms in total. The highest BCUT2D eigenvalue weighted by molar-refractivity contribution is 7.98. The molecule has 0 aromatic carbocycles. The normalized spacial score (nSPS) is 18.9. The minimum atomic E-state index is -0.977. The van der Waals surface area contributed by atoms with Crippen molar-refractivity contribution in [3.63, 3.8) is 0 Å². The lowest BCUT2D eigenvalue weighted by Gasteiger charge is -2.18. The maximum atomic E-state index is 11.8. The van der Waals surface area contributed by atoms with Crippen molar-refractivity contribution in [2.75, 3.05) is 18.6 Å². The van der Waals surface area contributed by atoms with Crippen LogP contribution in [0.4, 0.5) is 0 Å². The van der Waals surface area contributed by atoms with E-state index in [-0.39, 0.29) is 5.91 Å². The summed E-state index contributed by atoms with van der Waals surface area (Å²) in [6.45, 7) is 0.299. The lowest BCUT2D eigenvalue weighted by molar-refractivity contribution is -0.142. The molecule has 0 heterocycles. The quantitative estimate of drug-likeness (QED) is 0.590. The molecule has 1 aliphatic carbocycles. The molecule has 1 amide bonds. The van der Waals surface area contributed by atoms with E-state index in [1.54, 1.807) is 11.8 Å². The first-order chi connectivity index (χ1) is 7.55. The van der Waals surface area contributed by atoms with Gasteiger partial charge in [-0.2, -0.15) is 11.8 Å². The highest BCUT2D eigenvalue weighted by Gasteiger charge is 2.49. The Balaban J connectivity index is 2.48. The Morgan fingerprint density at radius 2 is 2.19 bits per heavy atom. The van der Waals surface area contributed by atoms with Crippen LogP contribution in [-0.2, 0) is 9.59 Å². The average molecular weight is 246 g/mol. The summed E-state index contributed by atoms with van der Waals surface area (Å²) in [7, 11) is 0. The van der Waals surface area contributed by atoms with E-state index >= 15 is 0 Å². The van der Waals surface area contributed by atoms with Crippen LogP contribution in [0.5, 0.6) is 0 Å². The molecule has 0 bridgehead atoms. The van der Waals surface area contributed by atoms with E-state index in [2.05, 4.69) is 5.32 Å². The van der Waals surface area contributed by atoms with E-state index in [0.29, 0.717) is 18.7 Å². The fourth-order valence-electron chi connectivity index (χ4n) is 1.48. The number of hydrogen-bond acceptors (Lipinski definition) is 4. The number of nitrogens with two attached hydrogens (primary N) is 1. The first-order valence-corrected chi connectivity index (χ1v) is 6.68. The summed E-state index contributed by atoms with van der Waals surface area (Å²) in [6.07, 6.45) is 3.89. The predicted molar refractivity (Wildman–Crippen MR) is 63.3 cm³/mol. The second kappa shape index (κ2) is 5.54. The topological polar surface area (TPSA) is 92.4 Å². The van der Waals surface area contributed by atoms with E-state index < -0.39 is 17.4 Å². The molecule has 0 unspecified atom stereocenters. The number of rotatable bonds is 7. The summed E-state index contributed by atoms with van der Waals surface area (Å²) in [5.41, 5.74) is 5.03. The smallest absolute Gasteiger partial charge is 0.326 e. The molecule has 0 aliphatic heterocycles. The SMILES string of the molecule is CSCC[C@@H](NC(=O)C1(CN)CC1)C(=O)O. The summed E-state index contributed by atoms with van der Waals surface area (Å²) >= 11 is 1.56. The van der Waals surface area contributed by atoms with Crippen LogP contribution in [0.25, 0.3) is 0 Å². The minimum Gasteiger partial charge on any atom is -0.480 e. The summed E-state index contributed by atoms with van der Waals surface area (Å²) < 4.78 is 0. The molecular weight excluding hydrogens is 228 g/mol. The third kappa shape index (κ3) is 3.12. The van der Waals surface area contributed by atoms with Crippen LogP contribution < -0.4 is 11.1 Å². The molecule has 1 rings (SSSR count). The first-order valence-electron chi connectivity index (χ1n) is 5.28. The monoisotopic (exact) mass is 246 g/mol. The van der Waals surface area contributed by atoms with Gasteiger partial charge in [-0.25, -0.2) is 4.79 Å². The second-order valence-electron chi connectivity index (χ2n) is 4.13. The zero-order valence-electron chi connectivity index (χ0n) is 9.36. The Kier molecular flexibility index (Phi) is 4.61. The van der Waals surface area contributed by atoms with E-state index in [4.69, 9.17) is 10.8 Å². The molecule has 0 aromatic rings. The maximum Gasteiger partial charge on any atom is 0.326 e. The Bertz CT molecular complexity index is 279. The van der Waals surface area contributed by atoms with Gasteiger partial charge in [0.05, 0.1) is 5.41 Å². The van der Waals surface area contributed by atoms with Gasteiger partial charge < -0.3 is 16.2 Å². The van der Waals surface area contributed by atoms with Gasteiger partial charge in [0.2, 0.25) is 5.91 Å². The number of thioether (sulfide) groups is 1. The number of amides is 1. The Morgan fingerprint density at radius 3 is 2.56 bits per heavy atom. The van der Waals surface area contributed by atoms with Gasteiger partial charge in [0.15, 0.2) is 0 Å². The number of nitrogens with one attached hydrogen (secondary N) is 1. The summed E-state index contributed by atoms with van der Waals surface area (Å²) in [5.74, 6) is -0.467. The van der Waals surface area contributed by atoms with Crippen LogP contribution in [0.1, 0.15) is 19.3 Å². The lowest BCUT2D eigenvalue weighted by atomic mass is 10.1. The number of carbonyl (C=O) groups excluding carboxylic acids is 1. The zero-order valence-corrected chi connectivity index (χ0v) is 10.2. The molecule has 0 radical (unpaired) electrons. The lowest BCUT2D eigenvalue weighted by Crippen LogP contribution is -2.46. The molecule has 0 saturated heterocycles. The molecule has 6 heteroatoms. The molecule has 1 fully saturated rings. The standard InChI is InChI=1S/C10H18N2O3S/c1-16-5-2-7(8(13)14)12-9(15)10(6-11)3-4-10/h7H,2-6,11H2,1H3,(H,12,15)(H,13,14)/t7-/m1/s1. The van der Waals surface area contributed by atoms with Gasteiger partial charge in [0, 0.05) is 6.54 Å². The summed E-state index contributed by atoms with van der Waals surface area (Å²) in [4.78, 5) is 22.7. The molecule has 16 heavy (non-hydrogen) atoms. The fourth-order valence-corrected chi connectivity index (χ4v) is 1.95. The van der Waals surface area contributed by atoms with Gasteiger partial charge in [-0.1, -0.05) is 0 Å². The second-order valence-corrected chi connectivity index (χ2v) is 5.12. The predicted octanol–water partition coefficient (Wildman–Crippen LogP) is 0.0478. The molecule has 4 N–H and O–H groups in total. The largest absolute Gasteiger partial charge is 0.480 e. The van der Waals surface area contributed by atoms with E-state index in [9.17, 15) is 9.59 Å². The van der Waals surface area contributed by atoms with Gasteiger partial charge in [-0.3, -0.25) is 4.79 Å². The Hall–Kier alpha value is -0.750. The fraction of sp³-hybridized carbons (Fsp3) is 0.800. The van der Waals surface area contributed by atoms with Crippen LogP contribution in [0.2, 0.25) is 0 Å². The van der Waals surface area contributed by atoms with E-state index in [1.165, 1.54) is 0 Å². The zero-order chi connectivity index (χ0) is 12.2. The van der Waals surface area contributed by atoms with Gasteiger partial charge in [-0.05, 0) is 31.3 Å². The third-order valence-electron chi connectivity index (χ3n) is 2.94. The van der Waals surface area contributed by atoms with Crippen molar-refractivity contribution in [2.24, 2.45) is 11.1 Å². The molecule has 0 aromatic heterocycles. The Morgan fingerprint density at radius 1 is 1.56 bits per heavy atom. The summed E-state index contributed by atoms with van der Waals surface area (Å²) in [5, 5.41) is 11.5. The van der Waals surface area contributed by atoms with Crippen LogP contribution in [0.3, 0.4) is 0 Å². The molecule has 1 saturated carbocycles. The van der Waals surface area contributed by atoms with Crippen molar-refractivity contribution in [3.05, 3.63) is 0 Å². The van der Waals surface area contributed by atoms with Crippen LogP contribution in [0, 0.1) is 5.41 Å². The number of hydrogen-bond donors (Lipinski definition) is 3. The van der Waals surface area contributed by atoms with Crippen molar-refractivity contribution in [1.82, 2.24) is 5.32 Å². The van der Waals surface area contributed by atoms with Crippen molar-refractivity contribution in [3.8, 4) is 0 Å². The van der Waals surface area contributed by atoms with Crippen LogP contribution in [-0.4, -0.2) is 41.6 Å². The Labute approximate surface area is 99.1 Å². The number of carboxylic acid groups (broad SMARTS) is 1. The first kappa shape index (κ1) is 13.3. The van der Waals surface area contributed by atoms with Gasteiger partial charge >= 0.3 is 5.97 Å². The van der Waals surface area contributed by atoms with Crippen molar-refractivity contribution in [2.45, 2.75) is 25.3 Å². The highest BCUT2D eigenvalue weighted by atomic mass is 32.2. The van der Waals surface area contributed by atoms with Crippen LogP contribution >= 0.6 is 11.8 Å². The molecular formula is C10H18N2O3S. The average Bonchev–Trinajstić information content (AvgIpc) is 3.04. The van der Waals surface area contributed by atoms with Crippen molar-refractivity contribution >= 4 is 23.6 Å². The minimum absolute atomic E-state index is 0.205. The number of carbonyl (C=O) groups is 2. The number of carboxylic acids is 1.